The molecule has 1 saturated heterocycles. The molecule has 0 saturated carbocycles. The quantitative estimate of drug-likeness (QED) is 0.886. The van der Waals surface area contributed by atoms with Crippen LogP contribution in [-0.2, 0) is 0 Å². The van der Waals surface area contributed by atoms with Crippen LogP contribution in [0.15, 0.2) is 36.5 Å². The molecule has 0 spiro atoms. The third kappa shape index (κ3) is 3.59. The number of carboxylic acid groups (broad SMARTS) is 1. The first-order chi connectivity index (χ1) is 11.2. The maximum atomic E-state index is 10.9. The van der Waals surface area contributed by atoms with E-state index in [1.807, 2.05) is 6.07 Å². The number of rotatable bonds is 6. The Kier molecular flexibility index (Phi) is 4.71. The van der Waals surface area contributed by atoms with Gasteiger partial charge in [-0.2, -0.15) is 0 Å². The van der Waals surface area contributed by atoms with Crippen LogP contribution in [-0.4, -0.2) is 50.6 Å². The van der Waals surface area contributed by atoms with Gasteiger partial charge in [0.25, 0.3) is 0 Å². The Labute approximate surface area is 135 Å². The average Bonchev–Trinajstić information content (AvgIpc) is 3.22. The fraction of sp³-hybridized carbons (Fsp3) is 0.471. The number of aromatic carboxylic acids is 1. The van der Waals surface area contributed by atoms with Crippen molar-refractivity contribution < 1.29 is 9.90 Å². The van der Waals surface area contributed by atoms with E-state index in [1.54, 1.807) is 4.68 Å². The van der Waals surface area contributed by atoms with Gasteiger partial charge in [-0.3, -0.25) is 0 Å². The van der Waals surface area contributed by atoms with E-state index in [2.05, 4.69) is 46.4 Å². The van der Waals surface area contributed by atoms with Crippen molar-refractivity contribution in [1.29, 1.82) is 0 Å². The summed E-state index contributed by atoms with van der Waals surface area (Å²) in [4.78, 5) is 13.3. The second kappa shape index (κ2) is 6.91. The highest BCUT2D eigenvalue weighted by Crippen LogP contribution is 2.26. The summed E-state index contributed by atoms with van der Waals surface area (Å²) in [6.07, 6.45) is 3.62. The first-order valence-electron chi connectivity index (χ1n) is 8.09. The van der Waals surface area contributed by atoms with Gasteiger partial charge in [0.2, 0.25) is 0 Å². The van der Waals surface area contributed by atoms with Crippen LogP contribution in [0.4, 0.5) is 0 Å². The van der Waals surface area contributed by atoms with Gasteiger partial charge in [-0.15, -0.1) is 5.10 Å². The topological polar surface area (TPSA) is 71.2 Å². The van der Waals surface area contributed by atoms with E-state index in [4.69, 9.17) is 5.11 Å². The van der Waals surface area contributed by atoms with Crippen molar-refractivity contribution in [1.82, 2.24) is 19.9 Å². The summed E-state index contributed by atoms with van der Waals surface area (Å²) in [5.74, 6) is -0.499. The van der Waals surface area contributed by atoms with Gasteiger partial charge >= 0.3 is 5.97 Å². The largest absolute Gasteiger partial charge is 0.476 e. The van der Waals surface area contributed by atoms with Crippen molar-refractivity contribution in [2.24, 2.45) is 0 Å². The SMILES string of the molecule is CCC(CN1CCC(n2cc(C(=O)O)nn2)C1)c1ccccc1. The summed E-state index contributed by atoms with van der Waals surface area (Å²) in [5, 5.41) is 16.6. The Morgan fingerprint density at radius 1 is 1.39 bits per heavy atom. The van der Waals surface area contributed by atoms with Gasteiger partial charge in [0, 0.05) is 19.6 Å². The molecule has 6 nitrogen and oxygen atoms in total. The zero-order valence-corrected chi connectivity index (χ0v) is 13.3. The number of benzene rings is 1. The summed E-state index contributed by atoms with van der Waals surface area (Å²) in [6, 6.07) is 10.8. The number of carboxylic acids is 1. The van der Waals surface area contributed by atoms with Gasteiger partial charge in [0.15, 0.2) is 5.69 Å². The average molecular weight is 314 g/mol. The van der Waals surface area contributed by atoms with Crippen LogP contribution in [0.3, 0.4) is 0 Å². The minimum absolute atomic E-state index is 0.0131. The highest BCUT2D eigenvalue weighted by Gasteiger charge is 2.27. The van der Waals surface area contributed by atoms with E-state index in [-0.39, 0.29) is 11.7 Å². The van der Waals surface area contributed by atoms with Crippen LogP contribution in [0.5, 0.6) is 0 Å². The van der Waals surface area contributed by atoms with Crippen LogP contribution >= 0.6 is 0 Å². The molecule has 0 bridgehead atoms. The Morgan fingerprint density at radius 2 is 2.17 bits per heavy atom. The maximum absolute atomic E-state index is 10.9. The summed E-state index contributed by atoms with van der Waals surface area (Å²) >= 11 is 0. The van der Waals surface area contributed by atoms with E-state index in [1.165, 1.54) is 11.8 Å². The fourth-order valence-electron chi connectivity index (χ4n) is 3.25. The number of hydrogen-bond acceptors (Lipinski definition) is 4. The summed E-state index contributed by atoms with van der Waals surface area (Å²) < 4.78 is 1.70. The van der Waals surface area contributed by atoms with Gasteiger partial charge in [-0.25, -0.2) is 9.48 Å². The minimum atomic E-state index is -1.03. The minimum Gasteiger partial charge on any atom is -0.476 e. The number of hydrogen-bond donors (Lipinski definition) is 1. The van der Waals surface area contributed by atoms with Gasteiger partial charge in [-0.1, -0.05) is 42.5 Å². The lowest BCUT2D eigenvalue weighted by molar-refractivity contribution is 0.0690. The molecule has 1 aromatic heterocycles. The zero-order chi connectivity index (χ0) is 16.2. The van der Waals surface area contributed by atoms with Crippen LogP contribution in [0.1, 0.15) is 47.8 Å². The molecule has 122 valence electrons. The third-order valence-electron chi connectivity index (χ3n) is 4.59. The van der Waals surface area contributed by atoms with Gasteiger partial charge in [0.1, 0.15) is 0 Å². The second-order valence-corrected chi connectivity index (χ2v) is 6.11. The van der Waals surface area contributed by atoms with Crippen LogP contribution in [0, 0.1) is 0 Å². The Bertz CT molecular complexity index is 656. The fourth-order valence-corrected chi connectivity index (χ4v) is 3.25. The van der Waals surface area contributed by atoms with E-state index >= 15 is 0 Å². The lowest BCUT2D eigenvalue weighted by Crippen LogP contribution is -2.27. The predicted molar refractivity (Wildman–Crippen MR) is 86.5 cm³/mol. The van der Waals surface area contributed by atoms with Crippen LogP contribution in [0.2, 0.25) is 0 Å². The molecule has 1 aromatic carbocycles. The standard InChI is InChI=1S/C17H22N4O2/c1-2-13(14-6-4-3-5-7-14)10-20-9-8-15(11-20)21-12-16(17(22)23)18-19-21/h3-7,12-13,15H,2,8-11H2,1H3,(H,22,23). The molecule has 6 heteroatoms. The number of likely N-dealkylation sites (tertiary alicyclic amines) is 1. The smallest absolute Gasteiger partial charge is 0.358 e. The van der Waals surface area contributed by atoms with E-state index in [0.29, 0.717) is 5.92 Å². The number of nitrogens with zero attached hydrogens (tertiary/aromatic N) is 4. The number of carbonyl (C=O) groups is 1. The van der Waals surface area contributed by atoms with Crippen molar-refractivity contribution in [2.75, 3.05) is 19.6 Å². The molecule has 1 fully saturated rings. The molecule has 1 aliphatic rings. The Hall–Kier alpha value is -2.21. The Balaban J connectivity index is 1.61. The van der Waals surface area contributed by atoms with Crippen LogP contribution < -0.4 is 0 Å². The first-order valence-corrected chi connectivity index (χ1v) is 8.09. The molecular weight excluding hydrogens is 292 g/mol. The molecule has 0 amide bonds. The van der Waals surface area contributed by atoms with Crippen molar-refractivity contribution in [3.8, 4) is 0 Å². The maximum Gasteiger partial charge on any atom is 0.358 e. The van der Waals surface area contributed by atoms with Crippen molar-refractivity contribution in [3.05, 3.63) is 47.8 Å². The highest BCUT2D eigenvalue weighted by atomic mass is 16.4. The van der Waals surface area contributed by atoms with Crippen molar-refractivity contribution in [2.45, 2.75) is 31.7 Å². The lowest BCUT2D eigenvalue weighted by Gasteiger charge is -2.23. The third-order valence-corrected chi connectivity index (χ3v) is 4.59. The highest BCUT2D eigenvalue weighted by molar-refractivity contribution is 5.84. The molecule has 23 heavy (non-hydrogen) atoms. The summed E-state index contributed by atoms with van der Waals surface area (Å²) in [7, 11) is 0. The zero-order valence-electron chi connectivity index (χ0n) is 13.3. The van der Waals surface area contributed by atoms with Gasteiger partial charge in [-0.05, 0) is 24.3 Å². The molecule has 2 unspecified atom stereocenters. The molecule has 2 aromatic rings. The molecule has 1 aliphatic heterocycles. The molecule has 1 N–H and O–H groups in total. The van der Waals surface area contributed by atoms with Gasteiger partial charge < -0.3 is 10.0 Å². The Morgan fingerprint density at radius 3 is 2.83 bits per heavy atom. The number of aromatic nitrogens is 3. The van der Waals surface area contributed by atoms with E-state index in [9.17, 15) is 4.79 Å². The van der Waals surface area contributed by atoms with Crippen LogP contribution in [0.25, 0.3) is 0 Å². The summed E-state index contributed by atoms with van der Waals surface area (Å²) in [5.41, 5.74) is 1.39. The molecular formula is C17H22N4O2. The normalized spacial score (nSPS) is 19.8. The van der Waals surface area contributed by atoms with Crippen molar-refractivity contribution in [3.63, 3.8) is 0 Å². The van der Waals surface area contributed by atoms with Crippen molar-refractivity contribution >= 4 is 5.97 Å². The van der Waals surface area contributed by atoms with E-state index in [0.717, 1.165) is 32.5 Å². The molecule has 2 atom stereocenters. The predicted octanol–water partition coefficient (Wildman–Crippen LogP) is 2.42. The lowest BCUT2D eigenvalue weighted by atomic mass is 9.96. The van der Waals surface area contributed by atoms with Gasteiger partial charge in [0.05, 0.1) is 12.2 Å². The second-order valence-electron chi connectivity index (χ2n) is 6.11. The molecule has 3 rings (SSSR count). The first kappa shape index (κ1) is 15.7. The molecule has 0 radical (unpaired) electrons. The van der Waals surface area contributed by atoms with E-state index < -0.39 is 5.97 Å². The monoisotopic (exact) mass is 314 g/mol. The summed E-state index contributed by atoms with van der Waals surface area (Å²) in [6.45, 7) is 5.15. The molecule has 2 heterocycles. The molecule has 0 aliphatic carbocycles.